The van der Waals surface area contributed by atoms with E-state index in [-0.39, 0.29) is 10.2 Å². The molecule has 1 heterocycles. The van der Waals surface area contributed by atoms with Gasteiger partial charge in [-0.2, -0.15) is 5.01 Å². The molecule has 5 nitrogen and oxygen atoms in total. The summed E-state index contributed by atoms with van der Waals surface area (Å²) in [6.07, 6.45) is 2.73. The number of benzene rings is 2. The van der Waals surface area contributed by atoms with Crippen LogP contribution in [-0.2, 0) is 4.79 Å². The predicted molar refractivity (Wildman–Crippen MR) is 125 cm³/mol. The van der Waals surface area contributed by atoms with E-state index in [1.54, 1.807) is 24.3 Å². The number of hydrogen-bond donors (Lipinski definition) is 1. The monoisotopic (exact) mass is 460 g/mol. The van der Waals surface area contributed by atoms with Gasteiger partial charge in [-0.25, -0.2) is 0 Å². The topological polar surface area (TPSA) is 58.6 Å². The molecule has 1 aliphatic heterocycles. The van der Waals surface area contributed by atoms with Gasteiger partial charge in [0.1, 0.15) is 5.75 Å². The smallest absolute Gasteiger partial charge is 0.285 e. The van der Waals surface area contributed by atoms with Crippen LogP contribution in [0.25, 0.3) is 6.08 Å². The summed E-state index contributed by atoms with van der Waals surface area (Å²) >= 11 is 12.3. The lowest BCUT2D eigenvalue weighted by Crippen LogP contribution is -2.44. The second-order valence-corrected chi connectivity index (χ2v) is 9.18. The number of amides is 2. The van der Waals surface area contributed by atoms with E-state index in [1.165, 1.54) is 6.07 Å². The molecule has 0 saturated carbocycles. The van der Waals surface area contributed by atoms with Crippen molar-refractivity contribution in [1.82, 2.24) is 10.4 Å². The summed E-state index contributed by atoms with van der Waals surface area (Å²) < 4.78 is 5.97. The average Bonchev–Trinajstić information content (AvgIpc) is 2.96. The van der Waals surface area contributed by atoms with E-state index >= 15 is 0 Å². The van der Waals surface area contributed by atoms with Crippen molar-refractivity contribution in [3.63, 3.8) is 0 Å². The fourth-order valence-corrected chi connectivity index (χ4v) is 3.95. The Balaban J connectivity index is 1.65. The molecule has 0 spiro atoms. The number of hydrogen-bond acceptors (Lipinski definition) is 5. The van der Waals surface area contributed by atoms with Gasteiger partial charge in [0.2, 0.25) is 0 Å². The van der Waals surface area contributed by atoms with Gasteiger partial charge in [0.25, 0.3) is 11.8 Å². The molecule has 0 aromatic heterocycles. The van der Waals surface area contributed by atoms with Crippen LogP contribution in [0.15, 0.2) is 53.4 Å². The molecule has 0 atom stereocenters. The number of hydrazine groups is 1. The SMILES string of the molecule is CC(C)CCOc1ccc(/C=C2/SC(=S)N(NC(=O)c3cccc(Cl)c3)C2=O)cc1. The third kappa shape index (κ3) is 5.84. The Kier molecular flexibility index (Phi) is 7.53. The normalized spacial score (nSPS) is 15.2. The summed E-state index contributed by atoms with van der Waals surface area (Å²) in [5, 5.41) is 1.52. The minimum atomic E-state index is -0.460. The Bertz CT molecular complexity index is 990. The van der Waals surface area contributed by atoms with Gasteiger partial charge >= 0.3 is 0 Å². The van der Waals surface area contributed by atoms with Crippen molar-refractivity contribution in [3.8, 4) is 5.75 Å². The zero-order chi connectivity index (χ0) is 21.7. The molecule has 0 bridgehead atoms. The van der Waals surface area contributed by atoms with Gasteiger partial charge in [-0.05, 0) is 66.5 Å². The Morgan fingerprint density at radius 2 is 2.00 bits per heavy atom. The van der Waals surface area contributed by atoms with Gasteiger partial charge in [0.15, 0.2) is 4.32 Å². The van der Waals surface area contributed by atoms with Crippen molar-refractivity contribution in [1.29, 1.82) is 0 Å². The molecule has 3 rings (SSSR count). The number of thiocarbonyl (C=S) groups is 1. The number of nitrogens with one attached hydrogen (secondary N) is 1. The van der Waals surface area contributed by atoms with Crippen LogP contribution in [0.4, 0.5) is 0 Å². The van der Waals surface area contributed by atoms with Gasteiger partial charge in [-0.15, -0.1) is 0 Å². The predicted octanol–water partition coefficient (Wildman–Crippen LogP) is 5.31. The van der Waals surface area contributed by atoms with E-state index < -0.39 is 5.91 Å². The van der Waals surface area contributed by atoms with Crippen molar-refractivity contribution >= 4 is 57.8 Å². The van der Waals surface area contributed by atoms with E-state index in [9.17, 15) is 9.59 Å². The molecular formula is C22H21ClN2O3S2. The summed E-state index contributed by atoms with van der Waals surface area (Å²) in [6, 6.07) is 14.0. The highest BCUT2D eigenvalue weighted by Crippen LogP contribution is 2.31. The minimum absolute atomic E-state index is 0.260. The van der Waals surface area contributed by atoms with E-state index in [0.29, 0.717) is 28.0 Å². The van der Waals surface area contributed by atoms with E-state index in [4.69, 9.17) is 28.6 Å². The third-order valence-electron chi connectivity index (χ3n) is 4.24. The minimum Gasteiger partial charge on any atom is -0.494 e. The molecule has 1 fully saturated rings. The average molecular weight is 461 g/mol. The maximum atomic E-state index is 12.7. The molecule has 1 saturated heterocycles. The molecule has 0 radical (unpaired) electrons. The lowest BCUT2D eigenvalue weighted by molar-refractivity contribution is -0.123. The van der Waals surface area contributed by atoms with E-state index in [2.05, 4.69) is 19.3 Å². The second kappa shape index (κ2) is 10.1. The molecule has 8 heteroatoms. The molecule has 2 aromatic rings. The molecule has 1 N–H and O–H groups in total. The number of halogens is 1. The quantitative estimate of drug-likeness (QED) is 0.448. The van der Waals surface area contributed by atoms with Crippen LogP contribution in [-0.4, -0.2) is 27.8 Å². The Labute approximate surface area is 190 Å². The number of thioether (sulfide) groups is 1. The molecule has 2 amide bonds. The van der Waals surface area contributed by atoms with Crippen molar-refractivity contribution in [2.24, 2.45) is 5.92 Å². The van der Waals surface area contributed by atoms with Crippen molar-refractivity contribution < 1.29 is 14.3 Å². The largest absolute Gasteiger partial charge is 0.494 e. The van der Waals surface area contributed by atoms with Crippen LogP contribution in [0.1, 0.15) is 36.2 Å². The lowest BCUT2D eigenvalue weighted by Gasteiger charge is -2.15. The van der Waals surface area contributed by atoms with Crippen molar-refractivity contribution in [2.75, 3.05) is 6.61 Å². The zero-order valence-corrected chi connectivity index (χ0v) is 18.9. The van der Waals surface area contributed by atoms with Crippen molar-refractivity contribution in [2.45, 2.75) is 20.3 Å². The summed E-state index contributed by atoms with van der Waals surface area (Å²) in [4.78, 5) is 25.5. The van der Waals surface area contributed by atoms with Gasteiger partial charge in [0, 0.05) is 10.6 Å². The fraction of sp³-hybridized carbons (Fsp3) is 0.227. The molecule has 156 valence electrons. The number of nitrogens with zero attached hydrogens (tertiary/aromatic N) is 1. The molecule has 30 heavy (non-hydrogen) atoms. The standard InChI is InChI=1S/C22H21ClN2O3S2/c1-14(2)10-11-28-18-8-6-15(7-9-18)12-19-21(27)25(22(29)30-19)24-20(26)16-4-3-5-17(23)13-16/h3-9,12-14H,10-11H2,1-2H3,(H,24,26)/b19-12+. The van der Waals surface area contributed by atoms with Gasteiger partial charge < -0.3 is 4.74 Å². The first-order valence-corrected chi connectivity index (χ1v) is 11.0. The van der Waals surface area contributed by atoms with Gasteiger partial charge in [-0.1, -0.05) is 55.4 Å². The summed E-state index contributed by atoms with van der Waals surface area (Å²) in [5.41, 5.74) is 3.72. The van der Waals surface area contributed by atoms with Crippen LogP contribution in [0.3, 0.4) is 0 Å². The van der Waals surface area contributed by atoms with E-state index in [1.807, 2.05) is 24.3 Å². The highest BCUT2D eigenvalue weighted by Gasteiger charge is 2.33. The molecule has 0 unspecified atom stereocenters. The highest BCUT2D eigenvalue weighted by molar-refractivity contribution is 8.26. The van der Waals surface area contributed by atoms with Crippen molar-refractivity contribution in [3.05, 3.63) is 69.6 Å². The maximum absolute atomic E-state index is 12.7. The van der Waals surface area contributed by atoms with Crippen LogP contribution in [0, 0.1) is 5.92 Å². The van der Waals surface area contributed by atoms with Crippen LogP contribution >= 0.6 is 35.6 Å². The second-order valence-electron chi connectivity index (χ2n) is 7.07. The Hall–Kier alpha value is -2.35. The number of carbonyl (C=O) groups excluding carboxylic acids is 2. The van der Waals surface area contributed by atoms with Crippen LogP contribution in [0.2, 0.25) is 5.02 Å². The number of rotatable bonds is 7. The molecule has 1 aliphatic rings. The summed E-state index contributed by atoms with van der Waals surface area (Å²) in [6.45, 7) is 4.97. The third-order valence-corrected chi connectivity index (χ3v) is 5.77. The fourth-order valence-electron chi connectivity index (χ4n) is 2.58. The lowest BCUT2D eigenvalue weighted by atomic mass is 10.1. The van der Waals surface area contributed by atoms with Gasteiger partial charge in [-0.3, -0.25) is 15.0 Å². The zero-order valence-electron chi connectivity index (χ0n) is 16.6. The summed E-state index contributed by atoms with van der Waals surface area (Å²) in [5.74, 6) is 0.537. The molecule has 0 aliphatic carbocycles. The van der Waals surface area contributed by atoms with Gasteiger partial charge in [0.05, 0.1) is 11.5 Å². The first kappa shape index (κ1) is 22.3. The molecular weight excluding hydrogens is 440 g/mol. The summed E-state index contributed by atoms with van der Waals surface area (Å²) in [7, 11) is 0. The Morgan fingerprint density at radius 3 is 2.67 bits per heavy atom. The first-order valence-electron chi connectivity index (χ1n) is 9.41. The number of carbonyl (C=O) groups is 2. The first-order chi connectivity index (χ1) is 14.3. The highest BCUT2D eigenvalue weighted by atomic mass is 35.5. The van der Waals surface area contributed by atoms with E-state index in [0.717, 1.165) is 34.5 Å². The maximum Gasteiger partial charge on any atom is 0.285 e. The molecule has 2 aromatic carbocycles. The van der Waals surface area contributed by atoms with Crippen LogP contribution < -0.4 is 10.2 Å². The number of ether oxygens (including phenoxy) is 1. The Morgan fingerprint density at radius 1 is 1.27 bits per heavy atom. The van der Waals surface area contributed by atoms with Crippen LogP contribution in [0.5, 0.6) is 5.75 Å².